The van der Waals surface area contributed by atoms with Gasteiger partial charge < -0.3 is 8.37 Å². The second-order valence-electron chi connectivity index (χ2n) is 1.64. The molecule has 0 saturated heterocycles. The minimum atomic E-state index is -4.45. The molecule has 0 aliphatic carbocycles. The van der Waals surface area contributed by atoms with Gasteiger partial charge in [0.05, 0.1) is 0 Å². The van der Waals surface area contributed by atoms with Crippen LogP contribution in [0.3, 0.4) is 0 Å². The summed E-state index contributed by atoms with van der Waals surface area (Å²) in [6.45, 7) is 5.87. The quantitative estimate of drug-likeness (QED) is 0.479. The Morgan fingerprint density at radius 3 is 1.62 bits per heavy atom. The van der Waals surface area contributed by atoms with Gasteiger partial charge in [-0.05, 0) is 13.2 Å². The summed E-state index contributed by atoms with van der Waals surface area (Å²) in [6, 6.07) is 2.65. The van der Waals surface area contributed by atoms with Gasteiger partial charge in [-0.2, -0.15) is 10.5 Å². The third-order valence-corrected chi connectivity index (χ3v) is 1.47. The molecule has 6 nitrogen and oxygen atoms in total. The summed E-state index contributed by atoms with van der Waals surface area (Å²) in [5, 5.41) is 16.2. The zero-order valence-corrected chi connectivity index (χ0v) is 7.17. The third-order valence-electron chi connectivity index (χ3n) is 0.655. The maximum Gasteiger partial charge on any atom is 0.502 e. The van der Waals surface area contributed by atoms with Gasteiger partial charge in [0.15, 0.2) is 0 Å². The Kier molecular flexibility index (Phi) is 3.51. The summed E-state index contributed by atoms with van der Waals surface area (Å²) in [5.41, 5.74) is 0. The maximum atomic E-state index is 10.7. The molecule has 0 bridgehead atoms. The molecular weight excluding hydrogens is 196 g/mol. The summed E-state index contributed by atoms with van der Waals surface area (Å²) in [7, 11) is -4.45. The normalized spacial score (nSPS) is 9.08. The van der Waals surface area contributed by atoms with Crippen molar-refractivity contribution in [3.05, 3.63) is 24.7 Å². The minimum absolute atomic E-state index is 0.661. The number of nitrogens with zero attached hydrogens (tertiary/aromatic N) is 2. The summed E-state index contributed by atoms with van der Waals surface area (Å²) < 4.78 is 29.3. The first-order chi connectivity index (χ1) is 5.91. The standard InChI is InChI=1S/C6H4N2O4S/c1-5(3-7)11-13(9,10)12-6(2)4-8/h1-2H2. The van der Waals surface area contributed by atoms with Crippen LogP contribution in [0.15, 0.2) is 24.7 Å². The molecule has 0 aliphatic rings. The molecule has 0 aliphatic heterocycles. The van der Waals surface area contributed by atoms with Crippen LogP contribution >= 0.6 is 0 Å². The zero-order valence-electron chi connectivity index (χ0n) is 6.35. The van der Waals surface area contributed by atoms with Crippen molar-refractivity contribution >= 4 is 10.4 Å². The molecule has 7 heteroatoms. The Bertz CT molecular complexity index is 375. The summed E-state index contributed by atoms with van der Waals surface area (Å²) >= 11 is 0. The fourth-order valence-electron chi connectivity index (χ4n) is 0.301. The van der Waals surface area contributed by atoms with Crippen LogP contribution in [-0.4, -0.2) is 8.42 Å². The topological polar surface area (TPSA) is 100 Å². The molecular formula is C6H4N2O4S. The minimum Gasteiger partial charge on any atom is -0.342 e. The van der Waals surface area contributed by atoms with Crippen LogP contribution in [0.4, 0.5) is 0 Å². The number of nitriles is 2. The summed E-state index contributed by atoms with van der Waals surface area (Å²) in [4.78, 5) is 0. The Morgan fingerprint density at radius 2 is 1.38 bits per heavy atom. The van der Waals surface area contributed by atoms with Crippen molar-refractivity contribution in [3.8, 4) is 12.1 Å². The number of hydrogen-bond donors (Lipinski definition) is 0. The summed E-state index contributed by atoms with van der Waals surface area (Å²) in [6.07, 6.45) is 0. The predicted molar refractivity (Wildman–Crippen MR) is 40.6 cm³/mol. The molecule has 0 N–H and O–H groups in total. The van der Waals surface area contributed by atoms with Crippen molar-refractivity contribution in [1.29, 1.82) is 10.5 Å². The van der Waals surface area contributed by atoms with E-state index in [1.54, 1.807) is 0 Å². The molecule has 0 amide bonds. The fraction of sp³-hybridized carbons (Fsp3) is 0. The van der Waals surface area contributed by atoms with E-state index in [0.29, 0.717) is 0 Å². The van der Waals surface area contributed by atoms with E-state index in [9.17, 15) is 8.42 Å². The highest BCUT2D eigenvalue weighted by Crippen LogP contribution is 2.06. The van der Waals surface area contributed by atoms with E-state index in [1.807, 2.05) is 0 Å². The maximum absolute atomic E-state index is 10.7. The molecule has 0 heterocycles. The molecule has 13 heavy (non-hydrogen) atoms. The number of rotatable bonds is 4. The lowest BCUT2D eigenvalue weighted by Gasteiger charge is -2.02. The van der Waals surface area contributed by atoms with Gasteiger partial charge in [-0.15, -0.1) is 8.42 Å². The highest BCUT2D eigenvalue weighted by Gasteiger charge is 2.16. The Labute approximate surface area is 75.2 Å². The fourth-order valence-corrected chi connectivity index (χ4v) is 0.902. The molecule has 0 spiro atoms. The molecule has 0 saturated carbocycles. The Morgan fingerprint density at radius 1 is 1.08 bits per heavy atom. The molecule has 68 valence electrons. The highest BCUT2D eigenvalue weighted by molar-refractivity contribution is 7.82. The molecule has 0 aromatic carbocycles. The molecule has 0 aromatic heterocycles. The van der Waals surface area contributed by atoms with E-state index in [4.69, 9.17) is 10.5 Å². The van der Waals surface area contributed by atoms with Crippen LogP contribution in [-0.2, 0) is 18.8 Å². The molecule has 0 aromatic rings. The average Bonchev–Trinajstić information content (AvgIpc) is 2.02. The van der Waals surface area contributed by atoms with Gasteiger partial charge in [-0.1, -0.05) is 0 Å². The number of hydrogen-bond acceptors (Lipinski definition) is 6. The monoisotopic (exact) mass is 200 g/mol. The molecule has 0 fully saturated rings. The van der Waals surface area contributed by atoms with Gasteiger partial charge in [0.25, 0.3) is 0 Å². The van der Waals surface area contributed by atoms with Crippen molar-refractivity contribution in [2.75, 3.05) is 0 Å². The van der Waals surface area contributed by atoms with Crippen LogP contribution in [0.25, 0.3) is 0 Å². The van der Waals surface area contributed by atoms with Crippen molar-refractivity contribution in [1.82, 2.24) is 0 Å². The van der Waals surface area contributed by atoms with E-state index in [1.165, 1.54) is 12.1 Å². The van der Waals surface area contributed by atoms with Gasteiger partial charge in [0.2, 0.25) is 11.5 Å². The Balaban J connectivity index is 4.48. The van der Waals surface area contributed by atoms with Gasteiger partial charge in [-0.3, -0.25) is 0 Å². The van der Waals surface area contributed by atoms with E-state index in [-0.39, 0.29) is 0 Å². The zero-order chi connectivity index (χ0) is 10.5. The molecule has 0 radical (unpaired) electrons. The Hall–Kier alpha value is -1.99. The number of allylic oxidation sites excluding steroid dienone is 2. The first-order valence-corrected chi connectivity index (χ1v) is 4.06. The average molecular weight is 200 g/mol. The van der Waals surface area contributed by atoms with Crippen LogP contribution in [0, 0.1) is 22.7 Å². The molecule has 0 rings (SSSR count). The second kappa shape index (κ2) is 4.14. The van der Waals surface area contributed by atoms with Gasteiger partial charge in [0, 0.05) is 0 Å². The van der Waals surface area contributed by atoms with Crippen LogP contribution in [0.1, 0.15) is 0 Å². The van der Waals surface area contributed by atoms with E-state index < -0.39 is 21.9 Å². The van der Waals surface area contributed by atoms with Crippen molar-refractivity contribution < 1.29 is 16.8 Å². The molecule has 0 unspecified atom stereocenters. The van der Waals surface area contributed by atoms with Crippen molar-refractivity contribution in [2.45, 2.75) is 0 Å². The van der Waals surface area contributed by atoms with Crippen LogP contribution in [0.2, 0.25) is 0 Å². The van der Waals surface area contributed by atoms with Gasteiger partial charge in [0.1, 0.15) is 12.1 Å². The smallest absolute Gasteiger partial charge is 0.342 e. The van der Waals surface area contributed by atoms with Gasteiger partial charge >= 0.3 is 10.4 Å². The summed E-state index contributed by atoms with van der Waals surface area (Å²) in [5.74, 6) is -1.32. The molecule has 0 atom stereocenters. The largest absolute Gasteiger partial charge is 0.502 e. The SMILES string of the molecule is C=C(C#N)OS(=O)(=O)OC(=C)C#N. The van der Waals surface area contributed by atoms with Crippen LogP contribution in [0.5, 0.6) is 0 Å². The first kappa shape index (κ1) is 11.0. The lowest BCUT2D eigenvalue weighted by Crippen LogP contribution is -2.07. The van der Waals surface area contributed by atoms with Crippen molar-refractivity contribution in [3.63, 3.8) is 0 Å². The third kappa shape index (κ3) is 4.45. The first-order valence-electron chi connectivity index (χ1n) is 2.73. The van der Waals surface area contributed by atoms with E-state index >= 15 is 0 Å². The second-order valence-corrected chi connectivity index (χ2v) is 2.79. The van der Waals surface area contributed by atoms with E-state index in [2.05, 4.69) is 21.5 Å². The van der Waals surface area contributed by atoms with Crippen molar-refractivity contribution in [2.24, 2.45) is 0 Å². The van der Waals surface area contributed by atoms with E-state index in [0.717, 1.165) is 0 Å². The lowest BCUT2D eigenvalue weighted by atomic mass is 10.7. The lowest BCUT2D eigenvalue weighted by molar-refractivity contribution is 0.315. The highest BCUT2D eigenvalue weighted by atomic mass is 32.3. The van der Waals surface area contributed by atoms with Crippen LogP contribution < -0.4 is 0 Å². The van der Waals surface area contributed by atoms with Gasteiger partial charge in [-0.25, -0.2) is 0 Å². The predicted octanol–water partition coefficient (Wildman–Crippen LogP) is 0.339.